The van der Waals surface area contributed by atoms with Crippen LogP contribution in [0.1, 0.15) is 27.2 Å². The zero-order chi connectivity index (χ0) is 23.8. The number of hydrogen-bond donors (Lipinski definition) is 1. The van der Waals surface area contributed by atoms with Crippen LogP contribution in [-0.4, -0.2) is 66.1 Å². The number of thioether (sulfide) groups is 1. The third-order valence-corrected chi connectivity index (χ3v) is 6.52. The third kappa shape index (κ3) is 6.75. The average molecular weight is 479 g/mol. The fourth-order valence-electron chi connectivity index (χ4n) is 3.68. The second-order valence-electron chi connectivity index (χ2n) is 8.26. The van der Waals surface area contributed by atoms with Crippen molar-refractivity contribution < 1.29 is 9.53 Å². The molecule has 0 unspecified atom stereocenters. The molecule has 0 radical (unpaired) electrons. The van der Waals surface area contributed by atoms with Gasteiger partial charge in [0.15, 0.2) is 5.16 Å². The minimum Gasteiger partial charge on any atom is -0.378 e. The number of piperazine rings is 1. The lowest BCUT2D eigenvalue weighted by atomic mass is 10.1. The number of aromatic nitrogens is 3. The van der Waals surface area contributed by atoms with E-state index in [2.05, 4.69) is 32.1 Å². The van der Waals surface area contributed by atoms with Gasteiger partial charge >= 0.3 is 0 Å². The molecule has 0 aliphatic carbocycles. The third-order valence-electron chi connectivity index (χ3n) is 5.60. The van der Waals surface area contributed by atoms with Crippen LogP contribution in [0.15, 0.2) is 60.0 Å². The average Bonchev–Trinajstić information content (AvgIpc) is 2.87. The molecule has 4 rings (SSSR count). The molecule has 1 aliphatic heterocycles. The first-order chi connectivity index (χ1) is 16.6. The van der Waals surface area contributed by atoms with Gasteiger partial charge in [-0.25, -0.2) is 9.97 Å². The predicted molar refractivity (Wildman–Crippen MR) is 134 cm³/mol. The first-order valence-corrected chi connectivity index (χ1v) is 12.3. The Hall–Kier alpha value is -3.01. The van der Waals surface area contributed by atoms with Gasteiger partial charge in [-0.3, -0.25) is 9.78 Å². The fourth-order valence-corrected chi connectivity index (χ4v) is 4.50. The molecule has 0 saturated carbocycles. The number of nitrogens with one attached hydrogen (secondary N) is 1. The molecule has 1 amide bonds. The highest BCUT2D eigenvalue weighted by molar-refractivity contribution is 7.98. The molecule has 0 spiro atoms. The number of rotatable bonds is 9. The second-order valence-corrected chi connectivity index (χ2v) is 9.20. The Morgan fingerprint density at radius 1 is 1.09 bits per heavy atom. The maximum Gasteiger partial charge on any atom is 0.251 e. The normalized spacial score (nSPS) is 14.2. The van der Waals surface area contributed by atoms with E-state index in [9.17, 15) is 4.79 Å². The number of anilines is 1. The lowest BCUT2D eigenvalue weighted by Gasteiger charge is -2.33. The molecule has 1 aromatic carbocycles. The van der Waals surface area contributed by atoms with Crippen LogP contribution < -0.4 is 10.2 Å². The highest BCUT2D eigenvalue weighted by Gasteiger charge is 2.17. The number of ether oxygens (including phenoxy) is 1. The Bertz CT molecular complexity index is 1090. The Morgan fingerprint density at radius 2 is 1.91 bits per heavy atom. The van der Waals surface area contributed by atoms with Crippen LogP contribution in [0.4, 0.5) is 5.82 Å². The number of carbonyl (C=O) groups is 1. The molecule has 1 saturated heterocycles. The van der Waals surface area contributed by atoms with Crippen molar-refractivity contribution in [1.82, 2.24) is 25.2 Å². The summed E-state index contributed by atoms with van der Waals surface area (Å²) in [4.78, 5) is 30.8. The molecule has 3 aromatic rings. The topological polar surface area (TPSA) is 83.5 Å². The van der Waals surface area contributed by atoms with Crippen LogP contribution in [0, 0.1) is 0 Å². The number of likely N-dealkylation sites (N-methyl/N-ethyl adjacent to an activating group) is 1. The van der Waals surface area contributed by atoms with Gasteiger partial charge in [0.25, 0.3) is 5.91 Å². The van der Waals surface area contributed by atoms with Crippen LogP contribution in [0.5, 0.6) is 0 Å². The Balaban J connectivity index is 1.41. The van der Waals surface area contributed by atoms with Gasteiger partial charge in [0.2, 0.25) is 0 Å². The molecular weight excluding hydrogens is 448 g/mol. The number of amides is 1. The van der Waals surface area contributed by atoms with Crippen molar-refractivity contribution in [2.75, 3.05) is 45.2 Å². The van der Waals surface area contributed by atoms with E-state index < -0.39 is 0 Å². The number of benzene rings is 1. The van der Waals surface area contributed by atoms with Crippen LogP contribution in [0.2, 0.25) is 0 Å². The van der Waals surface area contributed by atoms with Gasteiger partial charge in [-0.05, 0) is 36.4 Å². The molecule has 1 aliphatic rings. The molecule has 3 heterocycles. The standard InChI is InChI=1S/C25H30N6O2S/c1-30-9-11-31(12-10-30)23-14-22(17-33-2)28-25(29-23)34-18-19-5-3-7-21(13-19)24(32)27-16-20-6-4-8-26-15-20/h3-8,13-15H,9-12,16-18H2,1-2H3,(H,27,32). The van der Waals surface area contributed by atoms with Crippen molar-refractivity contribution >= 4 is 23.5 Å². The predicted octanol–water partition coefficient (Wildman–Crippen LogP) is 2.99. The van der Waals surface area contributed by atoms with E-state index in [4.69, 9.17) is 9.72 Å². The van der Waals surface area contributed by atoms with E-state index in [1.807, 2.05) is 42.5 Å². The van der Waals surface area contributed by atoms with Gasteiger partial charge in [-0.2, -0.15) is 0 Å². The number of nitrogens with zero attached hydrogens (tertiary/aromatic N) is 5. The highest BCUT2D eigenvalue weighted by atomic mass is 32.2. The molecule has 0 atom stereocenters. The maximum atomic E-state index is 12.6. The summed E-state index contributed by atoms with van der Waals surface area (Å²) in [5.74, 6) is 1.51. The minimum atomic E-state index is -0.105. The molecule has 9 heteroatoms. The van der Waals surface area contributed by atoms with Crippen LogP contribution in [-0.2, 0) is 23.6 Å². The zero-order valence-electron chi connectivity index (χ0n) is 19.6. The van der Waals surface area contributed by atoms with Gasteiger partial charge < -0.3 is 19.9 Å². The largest absolute Gasteiger partial charge is 0.378 e. The Kier molecular flexibility index (Phi) is 8.46. The van der Waals surface area contributed by atoms with Crippen LogP contribution in [0.25, 0.3) is 0 Å². The smallest absolute Gasteiger partial charge is 0.251 e. The summed E-state index contributed by atoms with van der Waals surface area (Å²) in [5.41, 5.74) is 3.51. The van der Waals surface area contributed by atoms with Crippen LogP contribution in [0.3, 0.4) is 0 Å². The summed E-state index contributed by atoms with van der Waals surface area (Å²) in [6.45, 7) is 4.81. The molecule has 1 fully saturated rings. The van der Waals surface area contributed by atoms with Gasteiger partial charge in [-0.1, -0.05) is 30.0 Å². The zero-order valence-corrected chi connectivity index (χ0v) is 20.4. The van der Waals surface area contributed by atoms with Gasteiger partial charge in [0.1, 0.15) is 5.82 Å². The maximum absolute atomic E-state index is 12.6. The van der Waals surface area contributed by atoms with E-state index in [0.717, 1.165) is 54.0 Å². The van der Waals surface area contributed by atoms with Crippen molar-refractivity contribution in [3.8, 4) is 0 Å². The summed E-state index contributed by atoms with van der Waals surface area (Å²) >= 11 is 1.57. The SMILES string of the molecule is COCc1cc(N2CCN(C)CC2)nc(SCc2cccc(C(=O)NCc3cccnc3)c2)n1. The van der Waals surface area contributed by atoms with Crippen LogP contribution >= 0.6 is 11.8 Å². The van der Waals surface area contributed by atoms with E-state index in [1.54, 1.807) is 31.3 Å². The molecule has 2 aromatic heterocycles. The van der Waals surface area contributed by atoms with Crippen molar-refractivity contribution in [3.05, 3.63) is 77.2 Å². The lowest BCUT2D eigenvalue weighted by Crippen LogP contribution is -2.44. The van der Waals surface area contributed by atoms with Crippen molar-refractivity contribution in [2.45, 2.75) is 24.1 Å². The van der Waals surface area contributed by atoms with E-state index in [-0.39, 0.29) is 5.91 Å². The number of methoxy groups -OCH3 is 1. The molecular formula is C25H30N6O2S. The van der Waals surface area contributed by atoms with Crippen molar-refractivity contribution in [3.63, 3.8) is 0 Å². The quantitative estimate of drug-likeness (QED) is 0.371. The summed E-state index contributed by atoms with van der Waals surface area (Å²) in [6.07, 6.45) is 3.47. The van der Waals surface area contributed by atoms with Crippen molar-refractivity contribution in [2.24, 2.45) is 0 Å². The summed E-state index contributed by atoms with van der Waals surface area (Å²) in [6, 6.07) is 13.5. The number of hydrogen-bond acceptors (Lipinski definition) is 8. The summed E-state index contributed by atoms with van der Waals surface area (Å²) in [7, 11) is 3.82. The second kappa shape index (κ2) is 11.9. The molecule has 178 valence electrons. The Labute approximate surface area is 204 Å². The lowest BCUT2D eigenvalue weighted by molar-refractivity contribution is 0.0951. The van der Waals surface area contributed by atoms with E-state index in [1.165, 1.54) is 0 Å². The van der Waals surface area contributed by atoms with E-state index in [0.29, 0.717) is 24.5 Å². The Morgan fingerprint density at radius 3 is 2.68 bits per heavy atom. The molecule has 8 nitrogen and oxygen atoms in total. The monoisotopic (exact) mass is 478 g/mol. The summed E-state index contributed by atoms with van der Waals surface area (Å²) in [5, 5.41) is 3.67. The van der Waals surface area contributed by atoms with Crippen molar-refractivity contribution in [1.29, 1.82) is 0 Å². The first-order valence-electron chi connectivity index (χ1n) is 11.3. The summed E-state index contributed by atoms with van der Waals surface area (Å²) < 4.78 is 5.33. The van der Waals surface area contributed by atoms with Gasteiger partial charge in [-0.15, -0.1) is 0 Å². The molecule has 34 heavy (non-hydrogen) atoms. The first kappa shape index (κ1) is 24.1. The number of pyridine rings is 1. The minimum absolute atomic E-state index is 0.105. The molecule has 1 N–H and O–H groups in total. The fraction of sp³-hybridized carbons (Fsp3) is 0.360. The highest BCUT2D eigenvalue weighted by Crippen LogP contribution is 2.24. The number of carbonyl (C=O) groups excluding carboxylic acids is 1. The molecule has 0 bridgehead atoms. The van der Waals surface area contributed by atoms with Gasteiger partial charge in [0.05, 0.1) is 12.3 Å². The van der Waals surface area contributed by atoms with E-state index >= 15 is 0 Å². The van der Waals surface area contributed by atoms with Gasteiger partial charge in [0, 0.05) is 69.6 Å².